The fourth-order valence-corrected chi connectivity index (χ4v) is 1.11. The molecule has 0 unspecified atom stereocenters. The van der Waals surface area contributed by atoms with Crippen LogP contribution in [0.25, 0.3) is 0 Å². The summed E-state index contributed by atoms with van der Waals surface area (Å²) in [5.41, 5.74) is 0. The minimum absolute atomic E-state index is 0.204. The molecule has 0 amide bonds. The van der Waals surface area contributed by atoms with Crippen molar-refractivity contribution in [2.75, 3.05) is 80.0 Å². The van der Waals surface area contributed by atoms with Gasteiger partial charge in [0.1, 0.15) is 6.29 Å². The molecule has 0 spiro atoms. The molecule has 0 aliphatic rings. The van der Waals surface area contributed by atoms with Crippen molar-refractivity contribution in [2.45, 2.75) is 13.8 Å². The van der Waals surface area contributed by atoms with Gasteiger partial charge in [-0.3, -0.25) is 0 Å². The summed E-state index contributed by atoms with van der Waals surface area (Å²) in [6.07, 6.45) is 0.917. The molecule has 0 saturated heterocycles. The zero-order valence-corrected chi connectivity index (χ0v) is 15.3. The molecule has 0 aliphatic heterocycles. The van der Waals surface area contributed by atoms with E-state index >= 15 is 0 Å². The highest BCUT2D eigenvalue weighted by Crippen LogP contribution is 1.82. The Morgan fingerprint density at radius 3 is 1.17 bits per heavy atom. The van der Waals surface area contributed by atoms with Crippen molar-refractivity contribution in [3.05, 3.63) is 0 Å². The van der Waals surface area contributed by atoms with Crippen molar-refractivity contribution in [2.24, 2.45) is 5.92 Å². The molecule has 7 heteroatoms. The van der Waals surface area contributed by atoms with Crippen LogP contribution >= 0.6 is 0 Å². The Labute approximate surface area is 141 Å². The van der Waals surface area contributed by atoms with Crippen LogP contribution in [0.3, 0.4) is 0 Å². The van der Waals surface area contributed by atoms with E-state index in [-0.39, 0.29) is 5.92 Å². The van der Waals surface area contributed by atoms with Crippen LogP contribution in [0, 0.1) is 5.92 Å². The zero-order valence-electron chi connectivity index (χ0n) is 15.3. The van der Waals surface area contributed by atoms with E-state index in [2.05, 4.69) is 10.6 Å². The summed E-state index contributed by atoms with van der Waals surface area (Å²) in [5.74, 6) is 0.204. The first-order chi connectivity index (χ1) is 11.2. The van der Waals surface area contributed by atoms with Gasteiger partial charge in [-0.1, -0.05) is 13.8 Å². The topological polar surface area (TPSA) is 78.1 Å². The first-order valence-corrected chi connectivity index (χ1v) is 8.24. The number of carbonyl (C=O) groups excluding carboxylic acids is 1. The van der Waals surface area contributed by atoms with Crippen molar-refractivity contribution < 1.29 is 23.7 Å². The second kappa shape index (κ2) is 23.7. The molecule has 23 heavy (non-hydrogen) atoms. The predicted octanol–water partition coefficient (Wildman–Crippen LogP) is 0.333. The smallest absolute Gasteiger partial charge is 0.122 e. The van der Waals surface area contributed by atoms with Crippen LogP contribution in [-0.4, -0.2) is 86.3 Å². The molecule has 0 rings (SSSR count). The third kappa shape index (κ3) is 30.0. The minimum Gasteiger partial charge on any atom is -0.378 e. The van der Waals surface area contributed by atoms with Gasteiger partial charge in [-0.05, 0) is 14.1 Å². The van der Waals surface area contributed by atoms with E-state index in [1.807, 2.05) is 27.9 Å². The second-order valence-electron chi connectivity index (χ2n) is 5.04. The standard InChI is InChI=1S/C12H28N2O4.C4H8O/c1-13-3-5-15-7-9-17-11-12-18-10-8-16-6-4-14-2;1-4(2)3-5/h13-14H,3-12H2,1-2H3;3-4H,1-2H3. The number of aldehydes is 1. The number of nitrogens with one attached hydrogen (secondary N) is 2. The lowest BCUT2D eigenvalue weighted by Gasteiger charge is -2.07. The number of hydrogen-bond acceptors (Lipinski definition) is 7. The van der Waals surface area contributed by atoms with E-state index in [9.17, 15) is 4.79 Å². The number of rotatable bonds is 16. The van der Waals surface area contributed by atoms with E-state index in [0.717, 1.165) is 32.6 Å². The van der Waals surface area contributed by atoms with Gasteiger partial charge in [0.2, 0.25) is 0 Å². The maximum absolute atomic E-state index is 9.50. The van der Waals surface area contributed by atoms with Gasteiger partial charge in [-0.25, -0.2) is 0 Å². The van der Waals surface area contributed by atoms with Gasteiger partial charge in [0.05, 0.1) is 52.9 Å². The quantitative estimate of drug-likeness (QED) is 0.311. The predicted molar refractivity (Wildman–Crippen MR) is 92.0 cm³/mol. The number of hydrogen-bond donors (Lipinski definition) is 2. The van der Waals surface area contributed by atoms with Crippen LogP contribution in [-0.2, 0) is 23.7 Å². The maximum Gasteiger partial charge on any atom is 0.122 e. The number of carbonyl (C=O) groups is 1. The summed E-state index contributed by atoms with van der Waals surface area (Å²) in [5, 5.41) is 6.02. The first kappa shape index (κ1) is 24.7. The normalized spacial score (nSPS) is 10.5. The highest BCUT2D eigenvalue weighted by atomic mass is 16.6. The average molecular weight is 336 g/mol. The zero-order chi connectivity index (χ0) is 17.6. The van der Waals surface area contributed by atoms with Crippen molar-refractivity contribution in [1.82, 2.24) is 10.6 Å². The molecule has 0 heterocycles. The van der Waals surface area contributed by atoms with E-state index in [1.165, 1.54) is 0 Å². The van der Waals surface area contributed by atoms with Gasteiger partial charge < -0.3 is 34.4 Å². The molecule has 0 bridgehead atoms. The molecule has 0 atom stereocenters. The summed E-state index contributed by atoms with van der Waals surface area (Å²) in [6, 6.07) is 0. The Morgan fingerprint density at radius 2 is 0.957 bits per heavy atom. The van der Waals surface area contributed by atoms with Gasteiger partial charge in [0, 0.05) is 19.0 Å². The molecule has 0 aromatic carbocycles. The molecular formula is C16H36N2O5. The SMILES string of the molecule is CC(C)C=O.CNCCOCCOCCOCCOCCNC. The van der Waals surface area contributed by atoms with Crippen LogP contribution in [0.1, 0.15) is 13.8 Å². The Balaban J connectivity index is 0. The number of likely N-dealkylation sites (N-methyl/N-ethyl adjacent to an activating group) is 2. The van der Waals surface area contributed by atoms with Crippen molar-refractivity contribution in [1.29, 1.82) is 0 Å². The molecule has 0 aromatic rings. The van der Waals surface area contributed by atoms with Crippen molar-refractivity contribution in [3.8, 4) is 0 Å². The number of ether oxygens (including phenoxy) is 4. The van der Waals surface area contributed by atoms with Crippen LogP contribution in [0.5, 0.6) is 0 Å². The highest BCUT2D eigenvalue weighted by molar-refractivity contribution is 5.51. The highest BCUT2D eigenvalue weighted by Gasteiger charge is 1.92. The average Bonchev–Trinajstić information content (AvgIpc) is 2.55. The van der Waals surface area contributed by atoms with Gasteiger partial charge >= 0.3 is 0 Å². The molecule has 7 nitrogen and oxygen atoms in total. The van der Waals surface area contributed by atoms with Crippen molar-refractivity contribution in [3.63, 3.8) is 0 Å². The molecule has 0 aliphatic carbocycles. The minimum atomic E-state index is 0.204. The molecule has 0 fully saturated rings. The molecule has 140 valence electrons. The monoisotopic (exact) mass is 336 g/mol. The van der Waals surface area contributed by atoms with Gasteiger partial charge in [0.15, 0.2) is 0 Å². The second-order valence-corrected chi connectivity index (χ2v) is 5.04. The molecule has 0 radical (unpaired) electrons. The lowest BCUT2D eigenvalue weighted by Crippen LogP contribution is -2.17. The van der Waals surface area contributed by atoms with E-state index in [0.29, 0.717) is 39.6 Å². The van der Waals surface area contributed by atoms with Crippen LogP contribution < -0.4 is 10.6 Å². The Kier molecular flexibility index (Phi) is 25.4. The lowest BCUT2D eigenvalue weighted by molar-refractivity contribution is -0.110. The summed E-state index contributed by atoms with van der Waals surface area (Å²) >= 11 is 0. The van der Waals surface area contributed by atoms with E-state index < -0.39 is 0 Å². The Hall–Kier alpha value is -0.570. The molecular weight excluding hydrogens is 300 g/mol. The molecule has 0 aromatic heterocycles. The fraction of sp³-hybridized carbons (Fsp3) is 0.938. The first-order valence-electron chi connectivity index (χ1n) is 8.24. The Bertz CT molecular complexity index is 203. The maximum atomic E-state index is 9.50. The van der Waals surface area contributed by atoms with E-state index in [1.54, 1.807) is 0 Å². The third-order valence-electron chi connectivity index (χ3n) is 2.38. The molecule has 2 N–H and O–H groups in total. The van der Waals surface area contributed by atoms with Gasteiger partial charge in [-0.2, -0.15) is 0 Å². The molecule has 0 saturated carbocycles. The largest absolute Gasteiger partial charge is 0.378 e. The lowest BCUT2D eigenvalue weighted by atomic mass is 10.3. The van der Waals surface area contributed by atoms with Crippen LogP contribution in [0.15, 0.2) is 0 Å². The Morgan fingerprint density at radius 1 is 0.696 bits per heavy atom. The summed E-state index contributed by atoms with van der Waals surface area (Å²) < 4.78 is 21.3. The summed E-state index contributed by atoms with van der Waals surface area (Å²) in [4.78, 5) is 9.50. The van der Waals surface area contributed by atoms with E-state index in [4.69, 9.17) is 18.9 Å². The van der Waals surface area contributed by atoms with Crippen molar-refractivity contribution >= 4 is 6.29 Å². The third-order valence-corrected chi connectivity index (χ3v) is 2.38. The van der Waals surface area contributed by atoms with Gasteiger partial charge in [0.25, 0.3) is 0 Å². The van der Waals surface area contributed by atoms with Crippen LogP contribution in [0.4, 0.5) is 0 Å². The summed E-state index contributed by atoms with van der Waals surface area (Å²) in [7, 11) is 3.80. The fourth-order valence-electron chi connectivity index (χ4n) is 1.11. The summed E-state index contributed by atoms with van der Waals surface area (Å²) in [6.45, 7) is 10.6. The van der Waals surface area contributed by atoms with Gasteiger partial charge in [-0.15, -0.1) is 0 Å². The van der Waals surface area contributed by atoms with Crippen LogP contribution in [0.2, 0.25) is 0 Å².